The van der Waals surface area contributed by atoms with E-state index < -0.39 is 12.0 Å². The van der Waals surface area contributed by atoms with Crippen molar-refractivity contribution in [1.29, 1.82) is 0 Å². The SMILES string of the molecule is COC(=O)[C@H](Cc1ccc(C(C)(C)C)cc1)NC(=O)c1ccc(Cl)cc1. The number of amides is 1. The zero-order chi connectivity index (χ0) is 19.3. The van der Waals surface area contributed by atoms with E-state index >= 15 is 0 Å². The molecule has 0 radical (unpaired) electrons. The van der Waals surface area contributed by atoms with E-state index in [1.807, 2.05) is 24.3 Å². The van der Waals surface area contributed by atoms with Crippen LogP contribution in [0.15, 0.2) is 48.5 Å². The first-order chi connectivity index (χ1) is 12.2. The summed E-state index contributed by atoms with van der Waals surface area (Å²) in [5.41, 5.74) is 2.65. The van der Waals surface area contributed by atoms with Gasteiger partial charge in [0.05, 0.1) is 7.11 Å². The molecule has 0 aromatic heterocycles. The fourth-order valence-corrected chi connectivity index (χ4v) is 2.68. The number of rotatable bonds is 5. The highest BCUT2D eigenvalue weighted by Crippen LogP contribution is 2.22. The highest BCUT2D eigenvalue weighted by Gasteiger charge is 2.23. The Balaban J connectivity index is 2.13. The molecule has 2 aromatic rings. The number of carbonyl (C=O) groups is 2. The minimum absolute atomic E-state index is 0.0586. The highest BCUT2D eigenvalue weighted by molar-refractivity contribution is 6.30. The average molecular weight is 374 g/mol. The van der Waals surface area contributed by atoms with E-state index in [0.29, 0.717) is 17.0 Å². The smallest absolute Gasteiger partial charge is 0.328 e. The molecule has 0 spiro atoms. The molecule has 0 fully saturated rings. The number of benzene rings is 2. The van der Waals surface area contributed by atoms with Crippen LogP contribution in [0.1, 0.15) is 42.3 Å². The van der Waals surface area contributed by atoms with Gasteiger partial charge in [-0.2, -0.15) is 0 Å². The second-order valence-electron chi connectivity index (χ2n) is 7.21. The van der Waals surface area contributed by atoms with Crippen molar-refractivity contribution in [1.82, 2.24) is 5.32 Å². The van der Waals surface area contributed by atoms with Crippen molar-refractivity contribution in [2.45, 2.75) is 38.6 Å². The summed E-state index contributed by atoms with van der Waals surface area (Å²) in [7, 11) is 1.31. The third-order valence-electron chi connectivity index (χ3n) is 4.16. The van der Waals surface area contributed by atoms with Crippen molar-refractivity contribution < 1.29 is 14.3 Å². The second kappa shape index (κ2) is 8.37. The van der Waals surface area contributed by atoms with Crippen LogP contribution in [-0.4, -0.2) is 25.0 Å². The van der Waals surface area contributed by atoms with Gasteiger partial charge in [-0.3, -0.25) is 4.79 Å². The molecule has 0 bridgehead atoms. The molecule has 4 nitrogen and oxygen atoms in total. The van der Waals surface area contributed by atoms with Crippen LogP contribution < -0.4 is 5.32 Å². The molecular weight excluding hydrogens is 350 g/mol. The van der Waals surface area contributed by atoms with Gasteiger partial charge in [-0.05, 0) is 40.8 Å². The predicted molar refractivity (Wildman–Crippen MR) is 104 cm³/mol. The molecule has 0 heterocycles. The van der Waals surface area contributed by atoms with Gasteiger partial charge in [0.1, 0.15) is 6.04 Å². The molecule has 5 heteroatoms. The van der Waals surface area contributed by atoms with Crippen LogP contribution in [0.25, 0.3) is 0 Å². The van der Waals surface area contributed by atoms with Crippen molar-refractivity contribution >= 4 is 23.5 Å². The minimum Gasteiger partial charge on any atom is -0.467 e. The first-order valence-corrected chi connectivity index (χ1v) is 8.82. The Morgan fingerprint density at radius 1 is 1.04 bits per heavy atom. The number of hydrogen-bond donors (Lipinski definition) is 1. The van der Waals surface area contributed by atoms with Crippen molar-refractivity contribution in [3.8, 4) is 0 Å². The highest BCUT2D eigenvalue weighted by atomic mass is 35.5. The maximum atomic E-state index is 12.4. The molecule has 0 saturated carbocycles. The van der Waals surface area contributed by atoms with E-state index in [0.717, 1.165) is 5.56 Å². The average Bonchev–Trinajstić information content (AvgIpc) is 2.60. The Kier molecular flexibility index (Phi) is 6.43. The third kappa shape index (κ3) is 5.33. The standard InChI is InChI=1S/C21H24ClNO3/c1-21(2,3)16-9-5-14(6-10-16)13-18(20(25)26-4)23-19(24)15-7-11-17(22)12-8-15/h5-12,18H,13H2,1-4H3,(H,23,24)/t18-/m0/s1. The van der Waals surface area contributed by atoms with E-state index in [2.05, 4.69) is 26.1 Å². The summed E-state index contributed by atoms with van der Waals surface area (Å²) >= 11 is 5.84. The molecule has 0 aliphatic rings. The van der Waals surface area contributed by atoms with Crippen LogP contribution >= 0.6 is 11.6 Å². The van der Waals surface area contributed by atoms with Crippen molar-refractivity contribution in [2.75, 3.05) is 7.11 Å². The fourth-order valence-electron chi connectivity index (χ4n) is 2.55. The lowest BCUT2D eigenvalue weighted by molar-refractivity contribution is -0.142. The van der Waals surface area contributed by atoms with E-state index in [9.17, 15) is 9.59 Å². The number of nitrogens with one attached hydrogen (secondary N) is 1. The molecule has 1 N–H and O–H groups in total. The van der Waals surface area contributed by atoms with E-state index in [1.54, 1.807) is 24.3 Å². The maximum absolute atomic E-state index is 12.4. The van der Waals surface area contributed by atoms with Crippen molar-refractivity contribution in [3.63, 3.8) is 0 Å². The monoisotopic (exact) mass is 373 g/mol. The van der Waals surface area contributed by atoms with Gasteiger partial charge in [0.15, 0.2) is 0 Å². The van der Waals surface area contributed by atoms with Crippen LogP contribution in [0.3, 0.4) is 0 Å². The van der Waals surface area contributed by atoms with Gasteiger partial charge in [-0.25, -0.2) is 4.79 Å². The minimum atomic E-state index is -0.760. The van der Waals surface area contributed by atoms with Gasteiger partial charge in [0, 0.05) is 17.0 Å². The second-order valence-corrected chi connectivity index (χ2v) is 7.64. The summed E-state index contributed by atoms with van der Waals surface area (Å²) in [5.74, 6) is -0.824. The molecule has 1 atom stereocenters. The summed E-state index contributed by atoms with van der Waals surface area (Å²) < 4.78 is 4.84. The molecule has 0 aliphatic heterocycles. The Labute approximate surface area is 159 Å². The van der Waals surface area contributed by atoms with Crippen molar-refractivity contribution in [2.24, 2.45) is 0 Å². The Morgan fingerprint density at radius 2 is 1.62 bits per heavy atom. The summed E-state index contributed by atoms with van der Waals surface area (Å²) in [6.45, 7) is 6.43. The van der Waals surface area contributed by atoms with Gasteiger partial charge in [0.2, 0.25) is 0 Å². The van der Waals surface area contributed by atoms with Crippen LogP contribution in [0, 0.1) is 0 Å². The van der Waals surface area contributed by atoms with Gasteiger partial charge in [-0.15, -0.1) is 0 Å². The van der Waals surface area contributed by atoms with Crippen LogP contribution in [0.4, 0.5) is 0 Å². The number of ether oxygens (including phenoxy) is 1. The van der Waals surface area contributed by atoms with Gasteiger partial charge in [-0.1, -0.05) is 56.6 Å². The number of halogens is 1. The first kappa shape index (κ1) is 20.0. The van der Waals surface area contributed by atoms with E-state index in [4.69, 9.17) is 16.3 Å². The van der Waals surface area contributed by atoms with Crippen LogP contribution in [0.2, 0.25) is 5.02 Å². The Bertz CT molecular complexity index is 761. The summed E-state index contributed by atoms with van der Waals surface area (Å²) in [6.07, 6.45) is 0.358. The van der Waals surface area contributed by atoms with Crippen molar-refractivity contribution in [3.05, 3.63) is 70.2 Å². The zero-order valence-corrected chi connectivity index (χ0v) is 16.3. The molecule has 2 aromatic carbocycles. The normalized spacial score (nSPS) is 12.3. The molecule has 0 saturated heterocycles. The molecule has 138 valence electrons. The van der Waals surface area contributed by atoms with Gasteiger partial charge >= 0.3 is 5.97 Å². The maximum Gasteiger partial charge on any atom is 0.328 e. The first-order valence-electron chi connectivity index (χ1n) is 8.44. The summed E-state index contributed by atoms with van der Waals surface area (Å²) in [5, 5.41) is 3.29. The molecular formula is C21H24ClNO3. The Hall–Kier alpha value is -2.33. The summed E-state index contributed by atoms with van der Waals surface area (Å²) in [4.78, 5) is 24.5. The molecule has 2 rings (SSSR count). The lowest BCUT2D eigenvalue weighted by atomic mass is 9.86. The third-order valence-corrected chi connectivity index (χ3v) is 4.41. The number of methoxy groups -OCH3 is 1. The summed E-state index contributed by atoms with van der Waals surface area (Å²) in [6, 6.07) is 13.8. The van der Waals surface area contributed by atoms with E-state index in [1.165, 1.54) is 12.7 Å². The van der Waals surface area contributed by atoms with Crippen LogP contribution in [0.5, 0.6) is 0 Å². The quantitative estimate of drug-likeness (QED) is 0.801. The van der Waals surface area contributed by atoms with Gasteiger partial charge < -0.3 is 10.1 Å². The lowest BCUT2D eigenvalue weighted by Crippen LogP contribution is -2.43. The number of hydrogen-bond acceptors (Lipinski definition) is 3. The van der Waals surface area contributed by atoms with E-state index in [-0.39, 0.29) is 11.3 Å². The molecule has 0 aliphatic carbocycles. The Morgan fingerprint density at radius 3 is 2.12 bits per heavy atom. The molecule has 1 amide bonds. The topological polar surface area (TPSA) is 55.4 Å². The number of carbonyl (C=O) groups excluding carboxylic acids is 2. The molecule has 26 heavy (non-hydrogen) atoms. The number of esters is 1. The van der Waals surface area contributed by atoms with Crippen LogP contribution in [-0.2, 0) is 21.4 Å². The largest absolute Gasteiger partial charge is 0.467 e. The lowest BCUT2D eigenvalue weighted by Gasteiger charge is -2.20. The van der Waals surface area contributed by atoms with Gasteiger partial charge in [0.25, 0.3) is 5.91 Å². The predicted octanol–water partition coefficient (Wildman–Crippen LogP) is 4.15. The molecule has 0 unspecified atom stereocenters. The fraction of sp³-hybridized carbons (Fsp3) is 0.333. The zero-order valence-electron chi connectivity index (χ0n) is 15.5.